The summed E-state index contributed by atoms with van der Waals surface area (Å²) in [6.45, 7) is 4.08. The molecule has 0 unspecified atom stereocenters. The second kappa shape index (κ2) is 7.25. The molecule has 128 valence electrons. The standard InChI is InChI=1S/C18H16Cl2N4O/c1-11-6-7-15(9-16(11)20)24-12(2)17(22-23-24)18(25)21-10-13-4-3-5-14(19)8-13/h3-9H,10H2,1-2H3,(H,21,25). The summed E-state index contributed by atoms with van der Waals surface area (Å²) in [5.74, 6) is -0.290. The summed E-state index contributed by atoms with van der Waals surface area (Å²) >= 11 is 12.1. The monoisotopic (exact) mass is 374 g/mol. The van der Waals surface area contributed by atoms with Crippen molar-refractivity contribution in [3.8, 4) is 5.69 Å². The third kappa shape index (κ3) is 3.83. The zero-order valence-corrected chi connectivity index (χ0v) is 15.3. The Labute approximate surface area is 155 Å². The molecule has 7 heteroatoms. The molecule has 0 fully saturated rings. The molecular formula is C18H16Cl2N4O. The van der Waals surface area contributed by atoms with E-state index in [9.17, 15) is 4.79 Å². The number of rotatable bonds is 4. The van der Waals surface area contributed by atoms with Crippen LogP contribution in [0, 0.1) is 13.8 Å². The van der Waals surface area contributed by atoms with Gasteiger partial charge >= 0.3 is 0 Å². The first-order chi connectivity index (χ1) is 12.0. The van der Waals surface area contributed by atoms with Crippen molar-refractivity contribution in [1.82, 2.24) is 20.3 Å². The summed E-state index contributed by atoms with van der Waals surface area (Å²) in [5.41, 5.74) is 3.57. The van der Waals surface area contributed by atoms with Crippen molar-refractivity contribution in [3.63, 3.8) is 0 Å². The van der Waals surface area contributed by atoms with Crippen molar-refractivity contribution in [3.05, 3.63) is 75.0 Å². The normalized spacial score (nSPS) is 10.7. The van der Waals surface area contributed by atoms with Gasteiger partial charge in [-0.1, -0.05) is 46.6 Å². The summed E-state index contributed by atoms with van der Waals surface area (Å²) < 4.78 is 1.60. The Bertz CT molecular complexity index is 937. The molecule has 2 aromatic carbocycles. The van der Waals surface area contributed by atoms with E-state index in [0.29, 0.717) is 22.3 Å². The lowest BCUT2D eigenvalue weighted by molar-refractivity contribution is 0.0945. The van der Waals surface area contributed by atoms with Crippen LogP contribution in [-0.2, 0) is 6.54 Å². The molecule has 5 nitrogen and oxygen atoms in total. The second-order valence-corrected chi connectivity index (χ2v) is 6.52. The van der Waals surface area contributed by atoms with Crippen molar-refractivity contribution in [2.75, 3.05) is 0 Å². The molecule has 0 atom stereocenters. The summed E-state index contributed by atoms with van der Waals surface area (Å²) in [5, 5.41) is 12.2. The Morgan fingerprint density at radius 3 is 2.68 bits per heavy atom. The SMILES string of the molecule is Cc1ccc(-n2nnc(C(=O)NCc3cccc(Cl)c3)c2C)cc1Cl. The van der Waals surface area contributed by atoms with Crippen molar-refractivity contribution >= 4 is 29.1 Å². The molecule has 3 aromatic rings. The van der Waals surface area contributed by atoms with Crippen LogP contribution in [0.25, 0.3) is 5.69 Å². The van der Waals surface area contributed by atoms with Gasteiger partial charge in [0, 0.05) is 16.6 Å². The van der Waals surface area contributed by atoms with Gasteiger partial charge in [0.1, 0.15) is 0 Å². The number of amides is 1. The number of benzene rings is 2. The molecule has 0 aliphatic heterocycles. The quantitative estimate of drug-likeness (QED) is 0.746. The topological polar surface area (TPSA) is 59.8 Å². The van der Waals surface area contributed by atoms with Gasteiger partial charge in [0.05, 0.1) is 11.4 Å². The zero-order chi connectivity index (χ0) is 18.0. The first-order valence-corrected chi connectivity index (χ1v) is 8.43. The first kappa shape index (κ1) is 17.5. The lowest BCUT2D eigenvalue weighted by atomic mass is 10.2. The molecule has 0 bridgehead atoms. The highest BCUT2D eigenvalue weighted by atomic mass is 35.5. The summed E-state index contributed by atoms with van der Waals surface area (Å²) in [6, 6.07) is 12.9. The summed E-state index contributed by atoms with van der Waals surface area (Å²) in [4.78, 5) is 12.4. The number of aryl methyl sites for hydroxylation is 1. The van der Waals surface area contributed by atoms with E-state index >= 15 is 0 Å². The number of carbonyl (C=O) groups is 1. The fourth-order valence-electron chi connectivity index (χ4n) is 2.41. The Kier molecular flexibility index (Phi) is 5.06. The maximum absolute atomic E-state index is 12.4. The molecule has 1 N–H and O–H groups in total. The van der Waals surface area contributed by atoms with E-state index in [-0.39, 0.29) is 11.6 Å². The number of hydrogen-bond acceptors (Lipinski definition) is 3. The van der Waals surface area contributed by atoms with Crippen molar-refractivity contribution in [2.45, 2.75) is 20.4 Å². The average Bonchev–Trinajstić information content (AvgIpc) is 2.97. The largest absolute Gasteiger partial charge is 0.347 e. The van der Waals surface area contributed by atoms with E-state index in [1.165, 1.54) is 0 Å². The molecule has 0 saturated heterocycles. The Morgan fingerprint density at radius 1 is 1.16 bits per heavy atom. The lowest BCUT2D eigenvalue weighted by Gasteiger charge is -2.07. The minimum absolute atomic E-state index is 0.277. The van der Waals surface area contributed by atoms with Gasteiger partial charge < -0.3 is 5.32 Å². The van der Waals surface area contributed by atoms with Gasteiger partial charge in [-0.25, -0.2) is 4.68 Å². The van der Waals surface area contributed by atoms with Gasteiger partial charge in [0.2, 0.25) is 0 Å². The van der Waals surface area contributed by atoms with Crippen LogP contribution in [-0.4, -0.2) is 20.9 Å². The van der Waals surface area contributed by atoms with Crippen LogP contribution in [0.4, 0.5) is 0 Å². The van der Waals surface area contributed by atoms with E-state index < -0.39 is 0 Å². The van der Waals surface area contributed by atoms with E-state index in [1.54, 1.807) is 29.8 Å². The van der Waals surface area contributed by atoms with Gasteiger partial charge in [-0.2, -0.15) is 0 Å². The molecular weight excluding hydrogens is 359 g/mol. The number of carbonyl (C=O) groups excluding carboxylic acids is 1. The highest BCUT2D eigenvalue weighted by Gasteiger charge is 2.17. The van der Waals surface area contributed by atoms with Gasteiger partial charge in [0.15, 0.2) is 5.69 Å². The number of nitrogens with one attached hydrogen (secondary N) is 1. The van der Waals surface area contributed by atoms with Crippen LogP contribution in [0.2, 0.25) is 10.0 Å². The average molecular weight is 375 g/mol. The maximum atomic E-state index is 12.4. The maximum Gasteiger partial charge on any atom is 0.274 e. The molecule has 1 heterocycles. The number of nitrogens with zero attached hydrogens (tertiary/aromatic N) is 3. The molecule has 3 rings (SSSR count). The van der Waals surface area contributed by atoms with E-state index in [2.05, 4.69) is 15.6 Å². The number of aromatic nitrogens is 3. The van der Waals surface area contributed by atoms with Gasteiger partial charge in [0.25, 0.3) is 5.91 Å². The van der Waals surface area contributed by atoms with Crippen LogP contribution in [0.3, 0.4) is 0 Å². The summed E-state index contributed by atoms with van der Waals surface area (Å²) in [6.07, 6.45) is 0. The van der Waals surface area contributed by atoms with E-state index in [1.807, 2.05) is 31.2 Å². The Balaban J connectivity index is 1.78. The molecule has 0 saturated carbocycles. The van der Waals surface area contributed by atoms with Crippen molar-refractivity contribution in [2.24, 2.45) is 0 Å². The van der Waals surface area contributed by atoms with Crippen molar-refractivity contribution in [1.29, 1.82) is 0 Å². The third-order valence-electron chi connectivity index (χ3n) is 3.85. The lowest BCUT2D eigenvalue weighted by Crippen LogP contribution is -2.24. The third-order valence-corrected chi connectivity index (χ3v) is 4.49. The predicted molar refractivity (Wildman–Crippen MR) is 98.5 cm³/mol. The molecule has 0 aliphatic rings. The van der Waals surface area contributed by atoms with Crippen molar-refractivity contribution < 1.29 is 4.79 Å². The van der Waals surface area contributed by atoms with Crippen LogP contribution in [0.5, 0.6) is 0 Å². The smallest absolute Gasteiger partial charge is 0.274 e. The summed E-state index contributed by atoms with van der Waals surface area (Å²) in [7, 11) is 0. The van der Waals surface area contributed by atoms with Gasteiger partial charge in [-0.05, 0) is 49.2 Å². The van der Waals surface area contributed by atoms with Crippen LogP contribution >= 0.6 is 23.2 Å². The highest BCUT2D eigenvalue weighted by molar-refractivity contribution is 6.31. The molecule has 1 amide bonds. The van der Waals surface area contributed by atoms with Gasteiger partial charge in [-0.15, -0.1) is 5.10 Å². The molecule has 0 spiro atoms. The molecule has 1 aromatic heterocycles. The minimum Gasteiger partial charge on any atom is -0.347 e. The molecule has 25 heavy (non-hydrogen) atoms. The predicted octanol–water partition coefficient (Wildman–Crippen LogP) is 4.12. The molecule has 0 radical (unpaired) electrons. The van der Waals surface area contributed by atoms with Crippen LogP contribution < -0.4 is 5.32 Å². The van der Waals surface area contributed by atoms with Gasteiger partial charge in [-0.3, -0.25) is 4.79 Å². The fourth-order valence-corrected chi connectivity index (χ4v) is 2.80. The van der Waals surface area contributed by atoms with Crippen LogP contribution in [0.15, 0.2) is 42.5 Å². The first-order valence-electron chi connectivity index (χ1n) is 7.67. The fraction of sp³-hybridized carbons (Fsp3) is 0.167. The van der Waals surface area contributed by atoms with E-state index in [4.69, 9.17) is 23.2 Å². The minimum atomic E-state index is -0.290. The van der Waals surface area contributed by atoms with Crippen LogP contribution in [0.1, 0.15) is 27.3 Å². The Morgan fingerprint density at radius 2 is 1.96 bits per heavy atom. The number of halogens is 2. The second-order valence-electron chi connectivity index (χ2n) is 5.68. The number of hydrogen-bond donors (Lipinski definition) is 1. The highest BCUT2D eigenvalue weighted by Crippen LogP contribution is 2.20. The zero-order valence-electron chi connectivity index (χ0n) is 13.8. The van der Waals surface area contributed by atoms with E-state index in [0.717, 1.165) is 16.8 Å². The molecule has 0 aliphatic carbocycles. The Hall–Kier alpha value is -2.37.